The number of anilines is 1. The minimum Gasteiger partial charge on any atom is -0.493 e. The van der Waals surface area contributed by atoms with E-state index in [4.69, 9.17) is 14.2 Å². The molecule has 3 amide bonds. The quantitative estimate of drug-likeness (QED) is 0.522. The largest absolute Gasteiger partial charge is 0.493 e. The Bertz CT molecular complexity index is 927. The number of carbonyl (C=O) groups is 4. The van der Waals surface area contributed by atoms with E-state index in [-0.39, 0.29) is 49.1 Å². The van der Waals surface area contributed by atoms with E-state index >= 15 is 0 Å². The van der Waals surface area contributed by atoms with Gasteiger partial charge >= 0.3 is 5.97 Å². The molecule has 0 N–H and O–H groups in total. The molecule has 0 bridgehead atoms. The molecule has 10 heteroatoms. The van der Waals surface area contributed by atoms with Crippen LogP contribution in [0.3, 0.4) is 0 Å². The first-order chi connectivity index (χ1) is 16.3. The number of rotatable bonds is 8. The summed E-state index contributed by atoms with van der Waals surface area (Å²) in [5.74, 6) is -0.459. The summed E-state index contributed by atoms with van der Waals surface area (Å²) in [5, 5.41) is 0. The van der Waals surface area contributed by atoms with Crippen LogP contribution in [0.25, 0.3) is 0 Å². The minimum absolute atomic E-state index is 0.0655. The third kappa shape index (κ3) is 5.60. The number of nitrogens with zero attached hydrogens (tertiary/aromatic N) is 3. The first-order valence-electron chi connectivity index (χ1n) is 11.5. The average Bonchev–Trinajstić information content (AvgIpc) is 3.24. The highest BCUT2D eigenvalue weighted by molar-refractivity contribution is 6.01. The number of esters is 1. The lowest BCUT2D eigenvalue weighted by molar-refractivity contribution is -0.151. The molecule has 0 aliphatic carbocycles. The Balaban J connectivity index is 1.54. The van der Waals surface area contributed by atoms with Crippen LogP contribution in [0.1, 0.15) is 26.2 Å². The number of hydrogen-bond acceptors (Lipinski definition) is 7. The van der Waals surface area contributed by atoms with Crippen molar-refractivity contribution in [3.8, 4) is 11.5 Å². The number of ether oxygens (including phenoxy) is 3. The van der Waals surface area contributed by atoms with Gasteiger partial charge in [0.2, 0.25) is 17.7 Å². The van der Waals surface area contributed by atoms with Crippen LogP contribution in [0.2, 0.25) is 0 Å². The van der Waals surface area contributed by atoms with E-state index in [0.717, 1.165) is 0 Å². The van der Waals surface area contributed by atoms with Crippen molar-refractivity contribution < 1.29 is 33.4 Å². The molecule has 2 fully saturated rings. The maximum absolute atomic E-state index is 13.0. The second kappa shape index (κ2) is 11.2. The highest BCUT2D eigenvalue weighted by Gasteiger charge is 2.37. The summed E-state index contributed by atoms with van der Waals surface area (Å²) in [4.78, 5) is 54.9. The first-order valence-corrected chi connectivity index (χ1v) is 11.5. The van der Waals surface area contributed by atoms with Crippen molar-refractivity contribution in [1.29, 1.82) is 0 Å². The maximum atomic E-state index is 13.0. The zero-order valence-electron chi connectivity index (χ0n) is 20.2. The third-order valence-electron chi connectivity index (χ3n) is 6.37. The lowest BCUT2D eigenvalue weighted by Crippen LogP contribution is -2.46. The Morgan fingerprint density at radius 3 is 2.35 bits per heavy atom. The summed E-state index contributed by atoms with van der Waals surface area (Å²) in [5.41, 5.74) is 0.626. The molecule has 1 atom stereocenters. The zero-order valence-corrected chi connectivity index (χ0v) is 20.2. The van der Waals surface area contributed by atoms with Crippen molar-refractivity contribution in [1.82, 2.24) is 9.80 Å². The van der Waals surface area contributed by atoms with Crippen molar-refractivity contribution in [3.63, 3.8) is 0 Å². The van der Waals surface area contributed by atoms with Gasteiger partial charge in [-0.15, -0.1) is 0 Å². The molecule has 2 saturated heterocycles. The van der Waals surface area contributed by atoms with Crippen LogP contribution < -0.4 is 14.4 Å². The van der Waals surface area contributed by atoms with Gasteiger partial charge in [0.15, 0.2) is 11.5 Å². The van der Waals surface area contributed by atoms with Gasteiger partial charge in [-0.25, -0.2) is 0 Å². The average molecular weight is 476 g/mol. The molecule has 3 rings (SSSR count). The Hall–Kier alpha value is -3.30. The van der Waals surface area contributed by atoms with E-state index in [1.54, 1.807) is 42.0 Å². The van der Waals surface area contributed by atoms with E-state index in [1.165, 1.54) is 19.1 Å². The molecule has 2 heterocycles. The van der Waals surface area contributed by atoms with E-state index in [0.29, 0.717) is 49.7 Å². The van der Waals surface area contributed by atoms with Crippen LogP contribution in [0.5, 0.6) is 11.5 Å². The number of amides is 3. The Labute approximate surface area is 199 Å². The first kappa shape index (κ1) is 25.3. The topological polar surface area (TPSA) is 106 Å². The number of hydrogen-bond donors (Lipinski definition) is 0. The van der Waals surface area contributed by atoms with Crippen LogP contribution >= 0.6 is 0 Å². The van der Waals surface area contributed by atoms with Crippen molar-refractivity contribution in [2.45, 2.75) is 26.2 Å². The van der Waals surface area contributed by atoms with Gasteiger partial charge in [-0.05, 0) is 31.9 Å². The van der Waals surface area contributed by atoms with Crippen LogP contribution in [-0.2, 0) is 23.9 Å². The van der Waals surface area contributed by atoms with Crippen LogP contribution in [-0.4, -0.2) is 87.5 Å². The van der Waals surface area contributed by atoms with E-state index in [9.17, 15) is 19.2 Å². The fourth-order valence-corrected chi connectivity index (χ4v) is 4.43. The van der Waals surface area contributed by atoms with E-state index in [1.807, 2.05) is 0 Å². The molecule has 1 aromatic rings. The van der Waals surface area contributed by atoms with Crippen molar-refractivity contribution in [2.24, 2.45) is 11.8 Å². The van der Waals surface area contributed by atoms with Gasteiger partial charge in [-0.2, -0.15) is 0 Å². The molecular weight excluding hydrogens is 442 g/mol. The van der Waals surface area contributed by atoms with Gasteiger partial charge in [0.25, 0.3) is 0 Å². The molecule has 0 aromatic heterocycles. The number of piperidine rings is 1. The molecule has 2 aliphatic rings. The molecule has 34 heavy (non-hydrogen) atoms. The van der Waals surface area contributed by atoms with Gasteiger partial charge in [-0.3, -0.25) is 19.2 Å². The summed E-state index contributed by atoms with van der Waals surface area (Å²) < 4.78 is 15.6. The third-order valence-corrected chi connectivity index (χ3v) is 6.37. The molecule has 0 spiro atoms. The highest BCUT2D eigenvalue weighted by Crippen LogP contribution is 2.34. The Kier molecular flexibility index (Phi) is 8.36. The molecule has 10 nitrogen and oxygen atoms in total. The summed E-state index contributed by atoms with van der Waals surface area (Å²) in [7, 11) is 4.63. The van der Waals surface area contributed by atoms with Crippen molar-refractivity contribution in [2.75, 3.05) is 59.0 Å². The number of likely N-dealkylation sites (tertiary alicyclic amines) is 1. The van der Waals surface area contributed by atoms with Gasteiger partial charge in [-0.1, -0.05) is 0 Å². The van der Waals surface area contributed by atoms with E-state index in [2.05, 4.69) is 0 Å². The summed E-state index contributed by atoms with van der Waals surface area (Å²) in [6.07, 6.45) is 1.19. The predicted octanol–water partition coefficient (Wildman–Crippen LogP) is 1.32. The standard InChI is InChI=1S/C24H33N3O7/c1-5-34-24(31)16-8-10-26(11-9-16)22(29)15-25(2)23(30)17-12-21(28)27(14-17)18-6-7-19(32-3)20(13-18)33-4/h6-7,13,16-17H,5,8-12,14-15H2,1-4H3. The second-order valence-electron chi connectivity index (χ2n) is 8.55. The Morgan fingerprint density at radius 2 is 1.74 bits per heavy atom. The predicted molar refractivity (Wildman–Crippen MR) is 124 cm³/mol. The normalized spacial score (nSPS) is 18.6. The summed E-state index contributed by atoms with van der Waals surface area (Å²) >= 11 is 0. The lowest BCUT2D eigenvalue weighted by atomic mass is 9.97. The zero-order chi connectivity index (χ0) is 24.8. The maximum Gasteiger partial charge on any atom is 0.309 e. The van der Waals surface area contributed by atoms with Gasteiger partial charge in [0.05, 0.1) is 39.2 Å². The van der Waals surface area contributed by atoms with Crippen LogP contribution in [0.4, 0.5) is 5.69 Å². The molecule has 1 unspecified atom stereocenters. The number of benzene rings is 1. The van der Waals surface area contributed by atoms with Gasteiger partial charge in [0.1, 0.15) is 0 Å². The molecule has 0 saturated carbocycles. The molecule has 1 aromatic carbocycles. The van der Waals surface area contributed by atoms with Crippen LogP contribution in [0.15, 0.2) is 18.2 Å². The SMILES string of the molecule is CCOC(=O)C1CCN(C(=O)CN(C)C(=O)C2CC(=O)N(c3ccc(OC)c(OC)c3)C2)CC1. The van der Waals surface area contributed by atoms with E-state index < -0.39 is 5.92 Å². The summed E-state index contributed by atoms with van der Waals surface area (Å²) in [6.45, 7) is 3.20. The highest BCUT2D eigenvalue weighted by atomic mass is 16.5. The number of likely N-dealkylation sites (N-methyl/N-ethyl adjacent to an activating group) is 1. The van der Waals surface area contributed by atoms with Gasteiger partial charge < -0.3 is 28.9 Å². The fourth-order valence-electron chi connectivity index (χ4n) is 4.43. The summed E-state index contributed by atoms with van der Waals surface area (Å²) in [6, 6.07) is 5.17. The molecular formula is C24H33N3O7. The molecule has 0 radical (unpaired) electrons. The minimum atomic E-state index is -0.534. The second-order valence-corrected chi connectivity index (χ2v) is 8.55. The smallest absolute Gasteiger partial charge is 0.309 e. The molecule has 2 aliphatic heterocycles. The van der Waals surface area contributed by atoms with Gasteiger partial charge in [0, 0.05) is 44.9 Å². The fraction of sp³-hybridized carbons (Fsp3) is 0.583. The lowest BCUT2D eigenvalue weighted by Gasteiger charge is -2.32. The van der Waals surface area contributed by atoms with Crippen molar-refractivity contribution in [3.05, 3.63) is 18.2 Å². The number of carbonyl (C=O) groups excluding carboxylic acids is 4. The molecule has 186 valence electrons. The van der Waals surface area contributed by atoms with Crippen molar-refractivity contribution >= 4 is 29.4 Å². The number of methoxy groups -OCH3 is 2. The monoisotopic (exact) mass is 475 g/mol. The Morgan fingerprint density at radius 1 is 1.06 bits per heavy atom. The van der Waals surface area contributed by atoms with Crippen LogP contribution in [0, 0.1) is 11.8 Å².